The lowest BCUT2D eigenvalue weighted by atomic mass is 10.2. The fourth-order valence-corrected chi connectivity index (χ4v) is 2.33. The molecule has 0 aliphatic carbocycles. The number of carbonyl (C=O) groups excluding carboxylic acids is 1. The molecule has 20 heavy (non-hydrogen) atoms. The van der Waals surface area contributed by atoms with Crippen molar-refractivity contribution in [1.29, 1.82) is 0 Å². The van der Waals surface area contributed by atoms with Gasteiger partial charge in [-0.3, -0.25) is 4.79 Å². The van der Waals surface area contributed by atoms with E-state index in [9.17, 15) is 4.79 Å². The number of hydrogen-bond donors (Lipinski definition) is 1. The fourth-order valence-electron chi connectivity index (χ4n) is 1.68. The van der Waals surface area contributed by atoms with Crippen molar-refractivity contribution in [3.8, 4) is 11.5 Å². The summed E-state index contributed by atoms with van der Waals surface area (Å²) in [6.07, 6.45) is 0.667. The van der Waals surface area contributed by atoms with E-state index in [4.69, 9.17) is 9.47 Å². The van der Waals surface area contributed by atoms with Gasteiger partial charge >= 0.3 is 0 Å². The molecule has 106 valence electrons. The van der Waals surface area contributed by atoms with Gasteiger partial charge in [0.05, 0.1) is 19.9 Å². The van der Waals surface area contributed by atoms with Crippen LogP contribution < -0.4 is 14.8 Å². The van der Waals surface area contributed by atoms with Gasteiger partial charge in [-0.25, -0.2) is 0 Å². The van der Waals surface area contributed by atoms with E-state index in [1.54, 1.807) is 32.4 Å². The van der Waals surface area contributed by atoms with Gasteiger partial charge in [-0.15, -0.1) is 5.10 Å². The number of benzene rings is 1. The molecule has 1 aromatic carbocycles. The van der Waals surface area contributed by atoms with Crippen molar-refractivity contribution in [2.75, 3.05) is 19.5 Å². The highest BCUT2D eigenvalue weighted by atomic mass is 32.1. The number of amides is 1. The Morgan fingerprint density at radius 2 is 1.90 bits per heavy atom. The van der Waals surface area contributed by atoms with Crippen molar-refractivity contribution in [2.24, 2.45) is 0 Å². The lowest BCUT2D eigenvalue weighted by Gasteiger charge is -2.09. The highest BCUT2D eigenvalue weighted by Crippen LogP contribution is 2.26. The highest BCUT2D eigenvalue weighted by molar-refractivity contribution is 7.08. The van der Waals surface area contributed by atoms with Gasteiger partial charge < -0.3 is 14.8 Å². The molecule has 0 saturated heterocycles. The van der Waals surface area contributed by atoms with E-state index in [-0.39, 0.29) is 5.91 Å². The third-order valence-corrected chi connectivity index (χ3v) is 3.47. The summed E-state index contributed by atoms with van der Waals surface area (Å²) in [5.74, 6) is 0.989. The van der Waals surface area contributed by atoms with Gasteiger partial charge in [0, 0.05) is 23.9 Å². The summed E-state index contributed by atoms with van der Waals surface area (Å²) in [6.45, 7) is 1.93. The zero-order chi connectivity index (χ0) is 14.5. The third kappa shape index (κ3) is 3.05. The van der Waals surface area contributed by atoms with Crippen LogP contribution in [0.3, 0.4) is 0 Å². The van der Waals surface area contributed by atoms with Crippen molar-refractivity contribution < 1.29 is 14.3 Å². The van der Waals surface area contributed by atoms with Crippen molar-refractivity contribution in [2.45, 2.75) is 13.3 Å². The van der Waals surface area contributed by atoms with Crippen LogP contribution in [0.1, 0.15) is 22.3 Å². The Labute approximate surface area is 120 Å². The Morgan fingerprint density at radius 3 is 2.45 bits per heavy atom. The minimum atomic E-state index is -0.229. The molecular weight excluding hydrogens is 278 g/mol. The van der Waals surface area contributed by atoms with Crippen LogP contribution in [-0.2, 0) is 6.42 Å². The van der Waals surface area contributed by atoms with Crippen LogP contribution in [-0.4, -0.2) is 29.7 Å². The summed E-state index contributed by atoms with van der Waals surface area (Å²) >= 11 is 1.09. The van der Waals surface area contributed by atoms with Crippen molar-refractivity contribution in [3.63, 3.8) is 0 Å². The van der Waals surface area contributed by atoms with Crippen LogP contribution in [0.25, 0.3) is 0 Å². The van der Waals surface area contributed by atoms with Crippen molar-refractivity contribution in [3.05, 3.63) is 28.8 Å². The number of aryl methyl sites for hydroxylation is 1. The SMILES string of the molecule is CCc1nnsc1C(=O)Nc1cc(OC)cc(OC)c1. The van der Waals surface area contributed by atoms with E-state index >= 15 is 0 Å². The Morgan fingerprint density at radius 1 is 1.25 bits per heavy atom. The van der Waals surface area contributed by atoms with Gasteiger partial charge in [-0.05, 0) is 18.0 Å². The molecule has 0 aliphatic rings. The Hall–Kier alpha value is -2.15. The highest BCUT2D eigenvalue weighted by Gasteiger charge is 2.15. The van der Waals surface area contributed by atoms with E-state index in [0.29, 0.717) is 34.2 Å². The van der Waals surface area contributed by atoms with Crippen LogP contribution in [0.5, 0.6) is 11.5 Å². The quantitative estimate of drug-likeness (QED) is 0.916. The molecule has 0 aliphatic heterocycles. The second-order valence-corrected chi connectivity index (χ2v) is 4.71. The van der Waals surface area contributed by atoms with Crippen LogP contribution in [0.15, 0.2) is 18.2 Å². The molecule has 0 bridgehead atoms. The number of aromatic nitrogens is 2. The number of nitrogens with one attached hydrogen (secondary N) is 1. The van der Waals surface area contributed by atoms with E-state index in [1.165, 1.54) is 0 Å². The molecule has 7 heteroatoms. The second-order valence-electron chi connectivity index (χ2n) is 3.96. The average Bonchev–Trinajstić information content (AvgIpc) is 2.95. The molecule has 6 nitrogen and oxygen atoms in total. The summed E-state index contributed by atoms with van der Waals surface area (Å²) in [7, 11) is 3.12. The van der Waals surface area contributed by atoms with Gasteiger partial charge in [-0.1, -0.05) is 11.4 Å². The fraction of sp³-hybridized carbons (Fsp3) is 0.308. The molecule has 1 amide bonds. The summed E-state index contributed by atoms with van der Waals surface area (Å²) < 4.78 is 14.1. The molecule has 1 aromatic heterocycles. The zero-order valence-corrected chi connectivity index (χ0v) is 12.3. The van der Waals surface area contributed by atoms with E-state index in [0.717, 1.165) is 11.5 Å². The Kier molecular flexibility index (Phi) is 4.52. The summed E-state index contributed by atoms with van der Waals surface area (Å²) in [4.78, 5) is 12.7. The smallest absolute Gasteiger partial charge is 0.269 e. The first kappa shape index (κ1) is 14.3. The van der Waals surface area contributed by atoms with E-state index in [2.05, 4.69) is 14.9 Å². The molecule has 1 heterocycles. The van der Waals surface area contributed by atoms with Crippen molar-refractivity contribution in [1.82, 2.24) is 9.59 Å². The molecule has 0 saturated carbocycles. The Balaban J connectivity index is 2.23. The van der Waals surface area contributed by atoms with Gasteiger partial charge in [0.15, 0.2) is 0 Å². The summed E-state index contributed by atoms with van der Waals surface area (Å²) in [5.41, 5.74) is 1.30. The average molecular weight is 293 g/mol. The molecule has 0 unspecified atom stereocenters. The van der Waals surface area contributed by atoms with Gasteiger partial charge in [0.2, 0.25) is 0 Å². The number of nitrogens with zero attached hydrogens (tertiary/aromatic N) is 2. The van der Waals surface area contributed by atoms with E-state index < -0.39 is 0 Å². The first-order valence-electron chi connectivity index (χ1n) is 6.03. The predicted octanol–water partition coefficient (Wildman–Crippen LogP) is 2.37. The largest absolute Gasteiger partial charge is 0.497 e. The molecule has 2 aromatic rings. The third-order valence-electron chi connectivity index (χ3n) is 2.71. The number of ether oxygens (including phenoxy) is 2. The maximum Gasteiger partial charge on any atom is 0.269 e. The molecule has 0 atom stereocenters. The standard InChI is InChI=1S/C13H15N3O3S/c1-4-11-12(20-16-15-11)13(17)14-8-5-9(18-2)7-10(6-8)19-3/h5-7H,4H2,1-3H3,(H,14,17). The van der Waals surface area contributed by atoms with Crippen molar-refractivity contribution >= 4 is 23.1 Å². The predicted molar refractivity (Wildman–Crippen MR) is 76.8 cm³/mol. The van der Waals surface area contributed by atoms with Gasteiger partial charge in [0.1, 0.15) is 16.4 Å². The molecule has 0 radical (unpaired) electrons. The maximum absolute atomic E-state index is 12.2. The number of hydrogen-bond acceptors (Lipinski definition) is 6. The first-order valence-corrected chi connectivity index (χ1v) is 6.81. The lowest BCUT2D eigenvalue weighted by Crippen LogP contribution is -2.12. The number of rotatable bonds is 5. The number of carbonyl (C=O) groups is 1. The Bertz CT molecular complexity index is 590. The van der Waals surface area contributed by atoms with E-state index in [1.807, 2.05) is 6.92 Å². The van der Waals surface area contributed by atoms with Crippen LogP contribution in [0, 0.1) is 0 Å². The van der Waals surface area contributed by atoms with Crippen LogP contribution >= 0.6 is 11.5 Å². The minimum Gasteiger partial charge on any atom is -0.497 e. The number of methoxy groups -OCH3 is 2. The van der Waals surface area contributed by atoms with Crippen LogP contribution in [0.2, 0.25) is 0 Å². The minimum absolute atomic E-state index is 0.229. The normalized spacial score (nSPS) is 10.2. The first-order chi connectivity index (χ1) is 9.67. The van der Waals surface area contributed by atoms with Gasteiger partial charge in [-0.2, -0.15) is 0 Å². The second kappa shape index (κ2) is 6.33. The molecular formula is C13H15N3O3S. The zero-order valence-electron chi connectivity index (χ0n) is 11.5. The molecule has 0 spiro atoms. The molecule has 2 rings (SSSR count). The topological polar surface area (TPSA) is 73.3 Å². The lowest BCUT2D eigenvalue weighted by molar-refractivity contribution is 0.102. The van der Waals surface area contributed by atoms with Gasteiger partial charge in [0.25, 0.3) is 5.91 Å². The summed E-state index contributed by atoms with van der Waals surface area (Å²) in [6, 6.07) is 5.18. The summed E-state index contributed by atoms with van der Waals surface area (Å²) in [5, 5.41) is 6.72. The molecule has 1 N–H and O–H groups in total. The maximum atomic E-state index is 12.2. The van der Waals surface area contributed by atoms with Crippen LogP contribution in [0.4, 0.5) is 5.69 Å². The monoisotopic (exact) mass is 293 g/mol. The molecule has 0 fully saturated rings. The number of anilines is 1.